The van der Waals surface area contributed by atoms with E-state index in [1.54, 1.807) is 36.4 Å². The summed E-state index contributed by atoms with van der Waals surface area (Å²) in [4.78, 5) is 0. The van der Waals surface area contributed by atoms with Gasteiger partial charge in [0.25, 0.3) is 0 Å². The number of alkyl halides is 12. The van der Waals surface area contributed by atoms with Crippen LogP contribution in [-0.2, 0) is 56.0 Å². The van der Waals surface area contributed by atoms with Crippen LogP contribution in [0.15, 0.2) is 97.1 Å². The molecule has 13 heteroatoms. The van der Waals surface area contributed by atoms with Gasteiger partial charge in [0.15, 0.2) is 0 Å². The Labute approximate surface area is 322 Å². The van der Waals surface area contributed by atoms with Crippen LogP contribution in [0.25, 0.3) is 43.8 Å². The quantitative estimate of drug-likeness (QED) is 0.0939. The number of hydrogen-bond acceptors (Lipinski definition) is 0. The zero-order valence-corrected chi connectivity index (χ0v) is 32.2. The Kier molecular flexibility index (Phi) is 11.6. The summed E-state index contributed by atoms with van der Waals surface area (Å²) < 4.78 is 165. The summed E-state index contributed by atoms with van der Waals surface area (Å²) >= 11 is 0. The molecule has 282 valence electrons. The summed E-state index contributed by atoms with van der Waals surface area (Å²) in [5, 5.41) is 2.04. The third-order valence-corrected chi connectivity index (χ3v) is 9.86. The molecule has 0 aromatic heterocycles. The summed E-state index contributed by atoms with van der Waals surface area (Å²) in [5.74, 6) is 0. The molecule has 0 bridgehead atoms. The van der Waals surface area contributed by atoms with Crippen LogP contribution in [0.3, 0.4) is 0 Å². The van der Waals surface area contributed by atoms with Crippen molar-refractivity contribution in [3.05, 3.63) is 145 Å². The fourth-order valence-corrected chi connectivity index (χ4v) is 7.47. The maximum absolute atomic E-state index is 13.7. The zero-order chi connectivity index (χ0) is 36.7. The van der Waals surface area contributed by atoms with E-state index >= 15 is 0 Å². The van der Waals surface area contributed by atoms with E-state index in [0.717, 1.165) is 24.0 Å². The number of benzene rings is 4. The van der Waals surface area contributed by atoms with Crippen molar-refractivity contribution in [3.63, 3.8) is 0 Å². The predicted molar refractivity (Wildman–Crippen MR) is 182 cm³/mol. The Morgan fingerprint density at radius 1 is 0.444 bits per heavy atom. The van der Waals surface area contributed by atoms with Gasteiger partial charge in [0.05, 0.1) is 22.3 Å². The van der Waals surface area contributed by atoms with Crippen molar-refractivity contribution < 1.29 is 78.5 Å². The maximum atomic E-state index is 13.7. The summed E-state index contributed by atoms with van der Waals surface area (Å²) in [6.45, 7) is 0. The molecule has 0 saturated heterocycles. The summed E-state index contributed by atoms with van der Waals surface area (Å²) in [7, 11) is 0. The van der Waals surface area contributed by atoms with Crippen LogP contribution in [0, 0.1) is 14.9 Å². The van der Waals surface area contributed by atoms with Gasteiger partial charge in [-0.1, -0.05) is 36.1 Å². The smallest absolute Gasteiger partial charge is 0.358 e. The largest absolute Gasteiger partial charge is 4.00 e. The first-order valence-electron chi connectivity index (χ1n) is 15.7. The molecule has 6 aromatic rings. The average molecular weight is 929 g/mol. The molecule has 1 aliphatic carbocycles. The molecule has 0 radical (unpaired) electrons. The van der Waals surface area contributed by atoms with Crippen molar-refractivity contribution >= 4 is 21.5 Å². The molecule has 54 heavy (non-hydrogen) atoms. The molecule has 0 nitrogen and oxygen atoms in total. The van der Waals surface area contributed by atoms with Gasteiger partial charge >= 0.3 is 50.5 Å². The maximum Gasteiger partial charge on any atom is 4.00 e. The third-order valence-electron chi connectivity index (χ3n) is 9.86. The molecule has 0 amide bonds. The fourth-order valence-electron chi connectivity index (χ4n) is 7.47. The van der Waals surface area contributed by atoms with Crippen LogP contribution >= 0.6 is 0 Å². The standard InChI is InChI=1S/C39H24F12.2CH3.Hf/c40-36(41,42)27-13-23(14-28(17-27)37(43,44)45)31-7-3-5-21-11-25(19-33(21)31)35(9-1-2-10-35)26-12-22-6-4-8-32(34(22)20-26)24-15-29(38(46,47)48)18-30(16-24)39(49,50)51;;;/h3-8,11-20H,1-2,9-10H2;2*1H3;/q-2;2*-1;+4. The van der Waals surface area contributed by atoms with E-state index in [4.69, 9.17) is 0 Å². The van der Waals surface area contributed by atoms with Gasteiger partial charge in [0.1, 0.15) is 0 Å². The van der Waals surface area contributed by atoms with E-state index in [1.165, 1.54) is 12.1 Å². The van der Waals surface area contributed by atoms with Crippen LogP contribution in [0.5, 0.6) is 0 Å². The van der Waals surface area contributed by atoms with E-state index in [9.17, 15) is 52.7 Å². The van der Waals surface area contributed by atoms with Crippen molar-refractivity contribution in [2.75, 3.05) is 0 Å². The fraction of sp³-hybridized carbons (Fsp3) is 0.220. The van der Waals surface area contributed by atoms with Gasteiger partial charge in [-0.05, 0) is 65.8 Å². The van der Waals surface area contributed by atoms with E-state index in [-0.39, 0.29) is 75.1 Å². The van der Waals surface area contributed by atoms with Crippen molar-refractivity contribution in [2.24, 2.45) is 0 Å². The molecule has 0 heterocycles. The molecule has 0 spiro atoms. The number of hydrogen-bond donors (Lipinski definition) is 0. The van der Waals surface area contributed by atoms with Crippen molar-refractivity contribution in [1.29, 1.82) is 0 Å². The minimum absolute atomic E-state index is 0. The van der Waals surface area contributed by atoms with E-state index in [2.05, 4.69) is 0 Å². The second-order valence-corrected chi connectivity index (χ2v) is 13.0. The SMILES string of the molecule is FC(F)(F)c1cc(-c2cccc3[cH-]c(C4(c5cc6c(-c7cc(C(F)(F)F)cc(C(F)(F)F)c7)cccc6[cH-]5)CCCC4)cc23)cc(C(F)(F)F)c1.[CH3-].[CH3-].[Hf+4]. The Hall–Kier alpha value is -3.87. The van der Waals surface area contributed by atoms with Crippen LogP contribution in [-0.4, -0.2) is 0 Å². The zero-order valence-electron chi connectivity index (χ0n) is 28.6. The van der Waals surface area contributed by atoms with Crippen molar-refractivity contribution in [3.8, 4) is 22.3 Å². The normalized spacial score (nSPS) is 14.8. The van der Waals surface area contributed by atoms with Crippen molar-refractivity contribution in [2.45, 2.75) is 55.8 Å². The van der Waals surface area contributed by atoms with Gasteiger partial charge in [-0.15, -0.1) is 69.1 Å². The van der Waals surface area contributed by atoms with Crippen LogP contribution < -0.4 is 0 Å². The summed E-state index contributed by atoms with van der Waals surface area (Å²) in [5.41, 5.74) is -5.13. The molecular weight excluding hydrogens is 899 g/mol. The van der Waals surface area contributed by atoms with Gasteiger partial charge < -0.3 is 14.9 Å². The number of rotatable bonds is 4. The van der Waals surface area contributed by atoms with E-state index in [1.807, 2.05) is 12.1 Å². The first-order valence-corrected chi connectivity index (χ1v) is 15.7. The minimum Gasteiger partial charge on any atom is -0.358 e. The van der Waals surface area contributed by atoms with E-state index in [0.29, 0.717) is 58.7 Å². The topological polar surface area (TPSA) is 0 Å². The van der Waals surface area contributed by atoms with Gasteiger partial charge in [0, 0.05) is 0 Å². The third kappa shape index (κ3) is 7.79. The van der Waals surface area contributed by atoms with Crippen LogP contribution in [0.2, 0.25) is 0 Å². The molecule has 0 aliphatic heterocycles. The molecule has 7 rings (SSSR count). The first kappa shape index (κ1) is 42.9. The van der Waals surface area contributed by atoms with Crippen LogP contribution in [0.1, 0.15) is 59.1 Å². The predicted octanol–water partition coefficient (Wildman–Crippen LogP) is 14.6. The molecule has 0 atom stereocenters. The van der Waals surface area contributed by atoms with Crippen molar-refractivity contribution in [1.82, 2.24) is 0 Å². The van der Waals surface area contributed by atoms with Gasteiger partial charge in [-0.3, -0.25) is 0 Å². The second-order valence-electron chi connectivity index (χ2n) is 13.0. The summed E-state index contributed by atoms with van der Waals surface area (Å²) in [6, 6.07) is 19.5. The van der Waals surface area contributed by atoms with Gasteiger partial charge in [-0.2, -0.15) is 64.8 Å². The van der Waals surface area contributed by atoms with Gasteiger partial charge in [-0.25, -0.2) is 0 Å². The first-order chi connectivity index (χ1) is 23.7. The minimum atomic E-state index is -5.03. The molecular formula is C41H30F12Hf. The monoisotopic (exact) mass is 930 g/mol. The van der Waals surface area contributed by atoms with Gasteiger partial charge in [0.2, 0.25) is 0 Å². The molecule has 1 aliphatic rings. The Balaban J connectivity index is 0.00000217. The number of halogens is 12. The molecule has 0 unspecified atom stereocenters. The molecule has 1 saturated carbocycles. The second kappa shape index (κ2) is 14.7. The number of fused-ring (bicyclic) bond motifs is 2. The summed E-state index contributed by atoms with van der Waals surface area (Å²) in [6.07, 6.45) is -17.4. The average Bonchev–Trinajstić information content (AvgIpc) is 3.81. The van der Waals surface area contributed by atoms with Crippen LogP contribution in [0.4, 0.5) is 52.7 Å². The molecule has 1 fully saturated rings. The van der Waals surface area contributed by atoms with E-state index < -0.39 is 52.4 Å². The Bertz CT molecular complexity index is 2050. The molecule has 0 N–H and O–H groups in total. The molecule has 6 aromatic carbocycles. The Morgan fingerprint density at radius 2 is 0.759 bits per heavy atom. The Morgan fingerprint density at radius 3 is 1.06 bits per heavy atom.